The highest BCUT2D eigenvalue weighted by Crippen LogP contribution is 2.21. The summed E-state index contributed by atoms with van der Waals surface area (Å²) in [5.41, 5.74) is 0.196. The summed E-state index contributed by atoms with van der Waals surface area (Å²) in [7, 11) is -4.30. The van der Waals surface area contributed by atoms with Crippen LogP contribution in [0.25, 0.3) is 0 Å². The SMILES string of the molecule is N#Cc1ccccc1CS(=O)(=O)N(CCO)CC(F)(F)F. The second-order valence-corrected chi connectivity index (χ2v) is 6.17. The average Bonchev–Trinajstić information content (AvgIpc) is 2.37. The first-order chi connectivity index (χ1) is 9.69. The number of hydrogen-bond acceptors (Lipinski definition) is 4. The number of benzene rings is 1. The fraction of sp³-hybridized carbons (Fsp3) is 0.417. The zero-order valence-corrected chi connectivity index (χ0v) is 11.7. The summed E-state index contributed by atoms with van der Waals surface area (Å²) < 4.78 is 61.5. The van der Waals surface area contributed by atoms with Gasteiger partial charge in [0.2, 0.25) is 10.0 Å². The van der Waals surface area contributed by atoms with E-state index in [1.165, 1.54) is 24.3 Å². The third kappa shape index (κ3) is 5.34. The Balaban J connectivity index is 3.04. The van der Waals surface area contributed by atoms with Crippen LogP contribution in [0, 0.1) is 11.3 Å². The largest absolute Gasteiger partial charge is 0.402 e. The molecule has 0 saturated carbocycles. The maximum atomic E-state index is 12.4. The predicted octanol–water partition coefficient (Wildman–Crippen LogP) is 1.24. The summed E-state index contributed by atoms with van der Waals surface area (Å²) in [4.78, 5) is 0. The van der Waals surface area contributed by atoms with Gasteiger partial charge in [-0.05, 0) is 11.6 Å². The summed E-state index contributed by atoms with van der Waals surface area (Å²) in [6, 6.07) is 7.54. The standard InChI is InChI=1S/C12H13F3N2O3S/c13-12(14,15)9-17(5-6-18)21(19,20)8-11-4-2-1-3-10(11)7-16/h1-4,18H,5-6,8-9H2. The lowest BCUT2D eigenvalue weighted by atomic mass is 10.1. The van der Waals surface area contributed by atoms with Gasteiger partial charge in [-0.3, -0.25) is 0 Å². The molecule has 0 atom stereocenters. The number of hydrogen-bond donors (Lipinski definition) is 1. The quantitative estimate of drug-likeness (QED) is 0.854. The molecular weight excluding hydrogens is 309 g/mol. The van der Waals surface area contributed by atoms with Gasteiger partial charge in [-0.2, -0.15) is 22.7 Å². The molecule has 1 aromatic rings. The molecule has 0 spiro atoms. The molecule has 0 bridgehead atoms. The minimum atomic E-state index is -4.71. The Hall–Kier alpha value is -1.63. The molecule has 116 valence electrons. The predicted molar refractivity (Wildman–Crippen MR) is 68.5 cm³/mol. The van der Waals surface area contributed by atoms with Gasteiger partial charge < -0.3 is 5.11 Å². The van der Waals surface area contributed by atoms with Crippen molar-refractivity contribution in [1.82, 2.24) is 4.31 Å². The van der Waals surface area contributed by atoms with E-state index in [0.29, 0.717) is 0 Å². The summed E-state index contributed by atoms with van der Waals surface area (Å²) in [6.45, 7) is -3.06. The molecule has 5 nitrogen and oxygen atoms in total. The van der Waals surface area contributed by atoms with Crippen LogP contribution in [0.3, 0.4) is 0 Å². The van der Waals surface area contributed by atoms with Crippen LogP contribution in [0.5, 0.6) is 0 Å². The zero-order valence-electron chi connectivity index (χ0n) is 10.8. The van der Waals surface area contributed by atoms with Crippen molar-refractivity contribution in [3.63, 3.8) is 0 Å². The van der Waals surface area contributed by atoms with E-state index in [1.807, 2.05) is 0 Å². The Morgan fingerprint density at radius 2 is 1.90 bits per heavy atom. The molecule has 9 heteroatoms. The van der Waals surface area contributed by atoms with Gasteiger partial charge in [0.15, 0.2) is 0 Å². The van der Waals surface area contributed by atoms with Gasteiger partial charge >= 0.3 is 6.18 Å². The third-order valence-corrected chi connectivity index (χ3v) is 4.35. The minimum Gasteiger partial charge on any atom is -0.395 e. The molecule has 0 aromatic heterocycles. The lowest BCUT2D eigenvalue weighted by Gasteiger charge is -2.22. The van der Waals surface area contributed by atoms with Gasteiger partial charge in [-0.1, -0.05) is 18.2 Å². The lowest BCUT2D eigenvalue weighted by molar-refractivity contribution is -0.136. The van der Waals surface area contributed by atoms with E-state index in [-0.39, 0.29) is 15.4 Å². The summed E-state index contributed by atoms with van der Waals surface area (Å²) in [5, 5.41) is 17.6. The number of nitrogens with zero attached hydrogens (tertiary/aromatic N) is 2. The third-order valence-electron chi connectivity index (χ3n) is 2.57. The molecule has 0 aliphatic heterocycles. The highest BCUT2D eigenvalue weighted by Gasteiger charge is 2.36. The smallest absolute Gasteiger partial charge is 0.395 e. The van der Waals surface area contributed by atoms with Crippen molar-refractivity contribution in [2.24, 2.45) is 0 Å². The van der Waals surface area contributed by atoms with Gasteiger partial charge in [0.05, 0.1) is 24.0 Å². The lowest BCUT2D eigenvalue weighted by Crippen LogP contribution is -2.41. The normalized spacial score (nSPS) is 12.4. The molecule has 0 saturated heterocycles. The molecule has 1 N–H and O–H groups in total. The molecule has 0 heterocycles. The van der Waals surface area contributed by atoms with Crippen molar-refractivity contribution in [3.05, 3.63) is 35.4 Å². The molecule has 0 aliphatic rings. The van der Waals surface area contributed by atoms with E-state index in [9.17, 15) is 21.6 Å². The van der Waals surface area contributed by atoms with Gasteiger partial charge in [0.25, 0.3) is 0 Å². The second kappa shape index (κ2) is 6.89. The molecule has 0 radical (unpaired) electrons. The topological polar surface area (TPSA) is 81.4 Å². The first-order valence-electron chi connectivity index (χ1n) is 5.83. The molecular formula is C12H13F3N2O3S. The fourth-order valence-corrected chi connectivity index (χ4v) is 3.20. The Morgan fingerprint density at radius 1 is 1.29 bits per heavy atom. The van der Waals surface area contributed by atoms with Crippen molar-refractivity contribution in [2.75, 3.05) is 19.7 Å². The van der Waals surface area contributed by atoms with E-state index >= 15 is 0 Å². The number of halogens is 3. The first-order valence-corrected chi connectivity index (χ1v) is 7.44. The highest BCUT2D eigenvalue weighted by molar-refractivity contribution is 7.88. The van der Waals surface area contributed by atoms with Crippen molar-refractivity contribution < 1.29 is 26.7 Å². The highest BCUT2D eigenvalue weighted by atomic mass is 32.2. The monoisotopic (exact) mass is 322 g/mol. The van der Waals surface area contributed by atoms with Crippen LogP contribution in [-0.2, 0) is 15.8 Å². The van der Waals surface area contributed by atoms with Crippen molar-refractivity contribution in [1.29, 1.82) is 5.26 Å². The summed E-state index contributed by atoms with van der Waals surface area (Å²) >= 11 is 0. The van der Waals surface area contributed by atoms with Crippen LogP contribution in [-0.4, -0.2) is 43.7 Å². The van der Waals surface area contributed by atoms with Gasteiger partial charge in [0.1, 0.15) is 6.54 Å². The maximum absolute atomic E-state index is 12.4. The van der Waals surface area contributed by atoms with E-state index in [2.05, 4.69) is 0 Å². The number of alkyl halides is 3. The van der Waals surface area contributed by atoms with Crippen LogP contribution >= 0.6 is 0 Å². The summed E-state index contributed by atoms with van der Waals surface area (Å²) in [6.07, 6.45) is -4.71. The molecule has 0 unspecified atom stereocenters. The van der Waals surface area contributed by atoms with Crippen LogP contribution in [0.1, 0.15) is 11.1 Å². The van der Waals surface area contributed by atoms with Crippen LogP contribution in [0.15, 0.2) is 24.3 Å². The van der Waals surface area contributed by atoms with E-state index in [0.717, 1.165) is 0 Å². The van der Waals surface area contributed by atoms with E-state index in [1.54, 1.807) is 6.07 Å². The van der Waals surface area contributed by atoms with Crippen molar-refractivity contribution >= 4 is 10.0 Å². The van der Waals surface area contributed by atoms with Crippen molar-refractivity contribution in [3.8, 4) is 6.07 Å². The minimum absolute atomic E-state index is 0.0806. The molecule has 1 aromatic carbocycles. The van der Waals surface area contributed by atoms with E-state index in [4.69, 9.17) is 10.4 Å². The number of nitriles is 1. The Morgan fingerprint density at radius 3 is 2.43 bits per heavy atom. The number of aliphatic hydroxyl groups excluding tert-OH is 1. The second-order valence-electron chi connectivity index (χ2n) is 4.20. The van der Waals surface area contributed by atoms with Gasteiger partial charge in [0, 0.05) is 6.54 Å². The number of rotatable bonds is 6. The Labute approximate surface area is 120 Å². The first kappa shape index (κ1) is 17.4. The van der Waals surface area contributed by atoms with Crippen molar-refractivity contribution in [2.45, 2.75) is 11.9 Å². The number of aliphatic hydroxyl groups is 1. The van der Waals surface area contributed by atoms with E-state index < -0.39 is 41.6 Å². The maximum Gasteiger partial charge on any atom is 0.402 e. The zero-order chi connectivity index (χ0) is 16.1. The Kier molecular flexibility index (Phi) is 5.71. The molecule has 0 fully saturated rings. The molecule has 0 aliphatic carbocycles. The fourth-order valence-electron chi connectivity index (χ4n) is 1.67. The Bertz CT molecular complexity index is 623. The van der Waals surface area contributed by atoms with Gasteiger partial charge in [-0.15, -0.1) is 0 Å². The van der Waals surface area contributed by atoms with Crippen LogP contribution < -0.4 is 0 Å². The summed E-state index contributed by atoms with van der Waals surface area (Å²) in [5.74, 6) is -0.729. The molecule has 0 amide bonds. The molecule has 21 heavy (non-hydrogen) atoms. The number of sulfonamides is 1. The van der Waals surface area contributed by atoms with Crippen LogP contribution in [0.4, 0.5) is 13.2 Å². The van der Waals surface area contributed by atoms with Crippen LogP contribution in [0.2, 0.25) is 0 Å². The average molecular weight is 322 g/mol. The van der Waals surface area contributed by atoms with Gasteiger partial charge in [-0.25, -0.2) is 8.42 Å². The molecule has 1 rings (SSSR count).